The maximum atomic E-state index is 12.3. The molecule has 0 amide bonds. The normalized spacial score (nSPS) is 22.4. The van der Waals surface area contributed by atoms with Crippen molar-refractivity contribution in [3.8, 4) is 0 Å². The minimum Gasteiger partial charge on any atom is -0.309 e. The molecule has 0 saturated heterocycles. The molecule has 1 nitrogen and oxygen atoms in total. The molecule has 1 N–H and O–H groups in total. The van der Waals surface area contributed by atoms with E-state index in [1.54, 1.807) is 12.1 Å². The van der Waals surface area contributed by atoms with Gasteiger partial charge in [0.05, 0.1) is 0 Å². The number of rotatable bonds is 4. The van der Waals surface area contributed by atoms with Crippen LogP contribution in [0.15, 0.2) is 24.3 Å². The van der Waals surface area contributed by atoms with Crippen molar-refractivity contribution in [2.75, 3.05) is 0 Å². The van der Waals surface area contributed by atoms with Crippen LogP contribution in [0.3, 0.4) is 0 Å². The van der Waals surface area contributed by atoms with E-state index in [1.165, 1.54) is 18.6 Å². The molecule has 1 saturated carbocycles. The third-order valence-electron chi connectivity index (χ3n) is 3.30. The fourth-order valence-corrected chi connectivity index (χ4v) is 1.84. The number of benzene rings is 1. The minimum atomic E-state index is -2.37. The molecule has 0 heterocycles. The molecule has 1 aromatic rings. The second-order valence-electron chi connectivity index (χ2n) is 5.17. The van der Waals surface area contributed by atoms with Gasteiger partial charge in [-0.05, 0) is 17.4 Å². The maximum Gasteiger partial charge on any atom is 0.263 e. The van der Waals surface area contributed by atoms with Crippen molar-refractivity contribution in [2.45, 2.75) is 39.3 Å². The molecule has 0 spiro atoms. The highest BCUT2D eigenvalue weighted by molar-refractivity contribution is 5.23. The lowest BCUT2D eigenvalue weighted by atomic mass is 10.1. The quantitative estimate of drug-likeness (QED) is 0.826. The highest BCUT2D eigenvalue weighted by atomic mass is 19.3. The summed E-state index contributed by atoms with van der Waals surface area (Å²) in [4.78, 5) is 0. The molecule has 0 bridgehead atoms. The van der Waals surface area contributed by atoms with E-state index in [0.717, 1.165) is 12.1 Å². The highest BCUT2D eigenvalue weighted by Crippen LogP contribution is 2.44. The molecular formula is C13H17F2N. The number of hydrogen-bond acceptors (Lipinski definition) is 1. The Kier molecular flexibility index (Phi) is 2.98. The lowest BCUT2D eigenvalue weighted by Gasteiger charge is -2.07. The van der Waals surface area contributed by atoms with Gasteiger partial charge >= 0.3 is 0 Å². The Labute approximate surface area is 94.9 Å². The molecule has 3 heteroatoms. The molecule has 1 aromatic carbocycles. The van der Waals surface area contributed by atoms with E-state index in [-0.39, 0.29) is 5.56 Å². The molecule has 1 aliphatic rings. The Bertz CT molecular complexity index is 357. The van der Waals surface area contributed by atoms with E-state index >= 15 is 0 Å². The van der Waals surface area contributed by atoms with Crippen LogP contribution in [0.25, 0.3) is 0 Å². The topological polar surface area (TPSA) is 12.0 Å². The first-order valence-corrected chi connectivity index (χ1v) is 5.59. The zero-order chi connectivity index (χ0) is 11.8. The number of nitrogens with one attached hydrogen (secondary N) is 1. The summed E-state index contributed by atoms with van der Waals surface area (Å²) >= 11 is 0. The maximum absolute atomic E-state index is 12.3. The molecule has 88 valence electrons. The van der Waals surface area contributed by atoms with E-state index in [2.05, 4.69) is 19.2 Å². The monoisotopic (exact) mass is 225 g/mol. The average molecular weight is 225 g/mol. The molecule has 0 aliphatic heterocycles. The predicted molar refractivity (Wildman–Crippen MR) is 60.4 cm³/mol. The zero-order valence-electron chi connectivity index (χ0n) is 9.63. The summed E-state index contributed by atoms with van der Waals surface area (Å²) in [6.07, 6.45) is -1.17. The van der Waals surface area contributed by atoms with Crippen molar-refractivity contribution >= 4 is 0 Å². The fraction of sp³-hybridized carbons (Fsp3) is 0.538. The van der Waals surface area contributed by atoms with Crippen LogP contribution >= 0.6 is 0 Å². The Hall–Kier alpha value is -0.960. The van der Waals surface area contributed by atoms with Gasteiger partial charge in [-0.3, -0.25) is 0 Å². The van der Waals surface area contributed by atoms with E-state index in [1.807, 2.05) is 0 Å². The molecule has 16 heavy (non-hydrogen) atoms. The van der Waals surface area contributed by atoms with Crippen molar-refractivity contribution in [3.63, 3.8) is 0 Å². The first-order chi connectivity index (χ1) is 7.49. The van der Waals surface area contributed by atoms with Crippen molar-refractivity contribution in [3.05, 3.63) is 35.4 Å². The Morgan fingerprint density at radius 3 is 2.31 bits per heavy atom. The second-order valence-corrected chi connectivity index (χ2v) is 5.17. The van der Waals surface area contributed by atoms with Crippen molar-refractivity contribution in [2.24, 2.45) is 5.41 Å². The third kappa shape index (κ3) is 2.59. The van der Waals surface area contributed by atoms with Gasteiger partial charge < -0.3 is 5.32 Å². The van der Waals surface area contributed by atoms with Crippen LogP contribution in [0.2, 0.25) is 0 Å². The van der Waals surface area contributed by atoms with Gasteiger partial charge in [-0.2, -0.15) is 0 Å². The van der Waals surface area contributed by atoms with E-state index in [9.17, 15) is 8.78 Å². The Morgan fingerprint density at radius 2 is 1.88 bits per heavy atom. The summed E-state index contributed by atoms with van der Waals surface area (Å²) in [7, 11) is 0. The van der Waals surface area contributed by atoms with Gasteiger partial charge in [0.25, 0.3) is 6.43 Å². The van der Waals surface area contributed by atoms with Crippen molar-refractivity contribution in [1.82, 2.24) is 5.32 Å². The smallest absolute Gasteiger partial charge is 0.263 e. The first-order valence-electron chi connectivity index (χ1n) is 5.59. The Balaban J connectivity index is 1.86. The van der Waals surface area contributed by atoms with Gasteiger partial charge in [0.1, 0.15) is 0 Å². The van der Waals surface area contributed by atoms with Crippen LogP contribution in [-0.4, -0.2) is 6.04 Å². The van der Waals surface area contributed by atoms with Gasteiger partial charge in [-0.25, -0.2) is 8.78 Å². The summed E-state index contributed by atoms with van der Waals surface area (Å²) in [5, 5.41) is 3.42. The summed E-state index contributed by atoms with van der Waals surface area (Å²) in [6.45, 7) is 5.22. The molecule has 1 atom stereocenters. The van der Waals surface area contributed by atoms with E-state index in [4.69, 9.17) is 0 Å². The SMILES string of the molecule is CC1(C)CC1NCc1ccc(C(F)F)cc1. The first kappa shape index (κ1) is 11.5. The molecule has 1 unspecified atom stereocenters. The Morgan fingerprint density at radius 1 is 1.31 bits per heavy atom. The lowest BCUT2D eigenvalue weighted by Crippen LogP contribution is -2.19. The van der Waals surface area contributed by atoms with Crippen LogP contribution in [0.4, 0.5) is 8.78 Å². The molecular weight excluding hydrogens is 208 g/mol. The standard InChI is InChI=1S/C13H17F2N/c1-13(2)7-11(13)16-8-9-3-5-10(6-4-9)12(14)15/h3-6,11-12,16H,7-8H2,1-2H3. The van der Waals surface area contributed by atoms with Crippen LogP contribution < -0.4 is 5.32 Å². The zero-order valence-corrected chi connectivity index (χ0v) is 9.63. The van der Waals surface area contributed by atoms with Gasteiger partial charge in [-0.1, -0.05) is 38.1 Å². The largest absolute Gasteiger partial charge is 0.309 e. The van der Waals surface area contributed by atoms with Crippen molar-refractivity contribution in [1.29, 1.82) is 0 Å². The van der Waals surface area contributed by atoms with Gasteiger partial charge in [0.2, 0.25) is 0 Å². The highest BCUT2D eigenvalue weighted by Gasteiger charge is 2.44. The minimum absolute atomic E-state index is 0.0931. The van der Waals surface area contributed by atoms with Gasteiger partial charge in [-0.15, -0.1) is 0 Å². The van der Waals surface area contributed by atoms with Crippen LogP contribution in [-0.2, 0) is 6.54 Å². The molecule has 1 fully saturated rings. The summed E-state index contributed by atoms with van der Waals surface area (Å²) in [5.41, 5.74) is 1.56. The predicted octanol–water partition coefficient (Wildman–Crippen LogP) is 3.51. The molecule has 0 aromatic heterocycles. The van der Waals surface area contributed by atoms with Gasteiger partial charge in [0.15, 0.2) is 0 Å². The lowest BCUT2D eigenvalue weighted by molar-refractivity contribution is 0.151. The average Bonchev–Trinajstić information content (AvgIpc) is 2.84. The van der Waals surface area contributed by atoms with E-state index in [0.29, 0.717) is 11.5 Å². The van der Waals surface area contributed by atoms with Crippen LogP contribution in [0.5, 0.6) is 0 Å². The van der Waals surface area contributed by atoms with E-state index < -0.39 is 6.43 Å². The summed E-state index contributed by atoms with van der Waals surface area (Å²) in [6, 6.07) is 7.11. The van der Waals surface area contributed by atoms with Gasteiger partial charge in [0, 0.05) is 18.2 Å². The summed E-state index contributed by atoms with van der Waals surface area (Å²) in [5.74, 6) is 0. The molecule has 2 rings (SSSR count). The number of halogens is 2. The van der Waals surface area contributed by atoms with Crippen molar-refractivity contribution < 1.29 is 8.78 Å². The van der Waals surface area contributed by atoms with Crippen LogP contribution in [0.1, 0.15) is 37.8 Å². The fourth-order valence-electron chi connectivity index (χ4n) is 1.84. The van der Waals surface area contributed by atoms with Crippen LogP contribution in [0, 0.1) is 5.41 Å². The second kappa shape index (κ2) is 4.13. The molecule has 1 aliphatic carbocycles. The number of hydrogen-bond donors (Lipinski definition) is 1. The number of alkyl halides is 2. The third-order valence-corrected chi connectivity index (χ3v) is 3.30. The molecule has 0 radical (unpaired) electrons. The summed E-state index contributed by atoms with van der Waals surface area (Å²) < 4.78 is 24.6.